The van der Waals surface area contributed by atoms with Crippen LogP contribution in [0.25, 0.3) is 0 Å². The molecular weight excluding hydrogens is 511 g/mol. The second-order valence-corrected chi connectivity index (χ2v) is 11.6. The lowest BCUT2D eigenvalue weighted by Crippen LogP contribution is -2.41. The van der Waals surface area contributed by atoms with Crippen molar-refractivity contribution in [1.82, 2.24) is 5.32 Å². The standard InChI is InChI=1S/C25H26Cl2N2O3S2/c1-18-7-10-22(11-8-18)34(31,32)29(24-12-9-21(26)15-19(24)2)16-25(30)28-13-14-33-17-20-5-3-4-6-23(20)27/h3-12,15H,13-14,16-17H2,1-2H3,(H,28,30). The third-order valence-corrected chi connectivity index (χ3v) is 8.49. The lowest BCUT2D eigenvalue weighted by molar-refractivity contribution is -0.119. The van der Waals surface area contributed by atoms with Gasteiger partial charge in [-0.15, -0.1) is 0 Å². The molecule has 0 saturated carbocycles. The van der Waals surface area contributed by atoms with Crippen molar-refractivity contribution in [2.24, 2.45) is 0 Å². The number of nitrogens with zero attached hydrogens (tertiary/aromatic N) is 1. The van der Waals surface area contributed by atoms with Crippen LogP contribution in [0.4, 0.5) is 5.69 Å². The van der Waals surface area contributed by atoms with Crippen LogP contribution in [0, 0.1) is 13.8 Å². The Bertz CT molecular complexity index is 1250. The molecule has 1 amide bonds. The summed E-state index contributed by atoms with van der Waals surface area (Å²) in [6, 6.07) is 19.1. The predicted octanol–water partition coefficient (Wildman–Crippen LogP) is 5.86. The van der Waals surface area contributed by atoms with Gasteiger partial charge in [0, 0.05) is 28.1 Å². The van der Waals surface area contributed by atoms with Gasteiger partial charge in [0.05, 0.1) is 10.6 Å². The molecule has 0 fully saturated rings. The molecule has 0 aromatic heterocycles. The highest BCUT2D eigenvalue weighted by Gasteiger charge is 2.28. The van der Waals surface area contributed by atoms with E-state index in [0.717, 1.165) is 21.2 Å². The first-order valence-electron chi connectivity index (χ1n) is 10.6. The van der Waals surface area contributed by atoms with Gasteiger partial charge in [-0.05, 0) is 61.4 Å². The molecule has 0 aliphatic heterocycles. The van der Waals surface area contributed by atoms with Crippen LogP contribution in [0.15, 0.2) is 71.6 Å². The zero-order chi connectivity index (χ0) is 24.7. The Morgan fingerprint density at radius 3 is 2.38 bits per heavy atom. The zero-order valence-electron chi connectivity index (χ0n) is 18.9. The summed E-state index contributed by atoms with van der Waals surface area (Å²) in [7, 11) is -3.97. The molecular formula is C25H26Cl2N2O3S2. The van der Waals surface area contributed by atoms with Crippen molar-refractivity contribution in [3.63, 3.8) is 0 Å². The third kappa shape index (κ3) is 6.92. The first-order valence-corrected chi connectivity index (χ1v) is 14.0. The Morgan fingerprint density at radius 2 is 1.71 bits per heavy atom. The lowest BCUT2D eigenvalue weighted by atomic mass is 10.2. The van der Waals surface area contributed by atoms with E-state index in [4.69, 9.17) is 23.2 Å². The highest BCUT2D eigenvalue weighted by Crippen LogP contribution is 2.29. The molecule has 5 nitrogen and oxygen atoms in total. The summed E-state index contributed by atoms with van der Waals surface area (Å²) in [4.78, 5) is 12.9. The molecule has 0 saturated heterocycles. The van der Waals surface area contributed by atoms with Gasteiger partial charge in [0.25, 0.3) is 10.0 Å². The minimum absolute atomic E-state index is 0.121. The number of carbonyl (C=O) groups excluding carboxylic acids is 1. The smallest absolute Gasteiger partial charge is 0.264 e. The number of benzene rings is 3. The van der Waals surface area contributed by atoms with Gasteiger partial charge in [-0.2, -0.15) is 11.8 Å². The van der Waals surface area contributed by atoms with Crippen LogP contribution >= 0.6 is 35.0 Å². The lowest BCUT2D eigenvalue weighted by Gasteiger charge is -2.26. The van der Waals surface area contributed by atoms with Crippen LogP contribution in [0.1, 0.15) is 16.7 Å². The van der Waals surface area contributed by atoms with Crippen LogP contribution in [-0.4, -0.2) is 33.2 Å². The van der Waals surface area contributed by atoms with E-state index in [1.807, 2.05) is 31.2 Å². The molecule has 1 N–H and O–H groups in total. The Labute approximate surface area is 215 Å². The number of aryl methyl sites for hydroxylation is 2. The summed E-state index contributed by atoms with van der Waals surface area (Å²) in [6.45, 7) is 3.72. The third-order valence-electron chi connectivity index (χ3n) is 5.11. The number of nitrogens with one attached hydrogen (secondary N) is 1. The van der Waals surface area contributed by atoms with Crippen molar-refractivity contribution in [3.8, 4) is 0 Å². The molecule has 34 heavy (non-hydrogen) atoms. The molecule has 0 unspecified atom stereocenters. The maximum atomic E-state index is 13.5. The van der Waals surface area contributed by atoms with Gasteiger partial charge in [-0.3, -0.25) is 9.10 Å². The molecule has 0 radical (unpaired) electrons. The second kappa shape index (κ2) is 12.0. The number of carbonyl (C=O) groups is 1. The second-order valence-electron chi connectivity index (χ2n) is 7.75. The summed E-state index contributed by atoms with van der Waals surface area (Å²) in [5.41, 5.74) is 3.05. The largest absolute Gasteiger partial charge is 0.354 e. The van der Waals surface area contributed by atoms with Crippen molar-refractivity contribution in [2.45, 2.75) is 24.5 Å². The topological polar surface area (TPSA) is 66.5 Å². The molecule has 0 bridgehead atoms. The van der Waals surface area contributed by atoms with E-state index in [-0.39, 0.29) is 17.3 Å². The van der Waals surface area contributed by atoms with E-state index in [0.29, 0.717) is 33.6 Å². The molecule has 0 atom stereocenters. The quantitative estimate of drug-likeness (QED) is 0.329. The highest BCUT2D eigenvalue weighted by molar-refractivity contribution is 7.98. The van der Waals surface area contributed by atoms with Crippen molar-refractivity contribution < 1.29 is 13.2 Å². The number of rotatable bonds is 10. The summed E-state index contributed by atoms with van der Waals surface area (Å²) in [5.74, 6) is 1.01. The number of anilines is 1. The fourth-order valence-electron chi connectivity index (χ4n) is 3.28. The molecule has 9 heteroatoms. The maximum Gasteiger partial charge on any atom is 0.264 e. The average Bonchev–Trinajstić information content (AvgIpc) is 2.79. The first kappa shape index (κ1) is 26.4. The van der Waals surface area contributed by atoms with Crippen molar-refractivity contribution in [2.75, 3.05) is 23.1 Å². The Balaban J connectivity index is 1.69. The Morgan fingerprint density at radius 1 is 1.00 bits per heavy atom. The van der Waals surface area contributed by atoms with Crippen LogP contribution in [0.5, 0.6) is 0 Å². The van der Waals surface area contributed by atoms with Gasteiger partial charge >= 0.3 is 0 Å². The zero-order valence-corrected chi connectivity index (χ0v) is 22.1. The van der Waals surface area contributed by atoms with Gasteiger partial charge < -0.3 is 5.32 Å². The monoisotopic (exact) mass is 536 g/mol. The molecule has 0 aliphatic carbocycles. The Hall–Kier alpha value is -2.19. The molecule has 0 spiro atoms. The van der Waals surface area contributed by atoms with Gasteiger partial charge in [-0.25, -0.2) is 8.42 Å². The Kier molecular flexibility index (Phi) is 9.31. The molecule has 0 aliphatic rings. The normalized spacial score (nSPS) is 11.3. The van der Waals surface area contributed by atoms with E-state index in [1.54, 1.807) is 61.2 Å². The van der Waals surface area contributed by atoms with E-state index in [1.165, 1.54) is 0 Å². The fraction of sp³-hybridized carbons (Fsp3) is 0.240. The summed E-state index contributed by atoms with van der Waals surface area (Å²) >= 11 is 13.9. The minimum atomic E-state index is -3.97. The van der Waals surface area contributed by atoms with Crippen LogP contribution in [0.2, 0.25) is 10.0 Å². The molecule has 3 rings (SSSR count). The minimum Gasteiger partial charge on any atom is -0.354 e. The number of amides is 1. The molecule has 0 heterocycles. The van der Waals surface area contributed by atoms with E-state index >= 15 is 0 Å². The molecule has 180 valence electrons. The fourth-order valence-corrected chi connectivity index (χ4v) is 6.14. The van der Waals surface area contributed by atoms with Gasteiger partial charge in [0.1, 0.15) is 6.54 Å². The number of halogens is 2. The first-order chi connectivity index (χ1) is 16.2. The predicted molar refractivity (Wildman–Crippen MR) is 143 cm³/mol. The molecule has 3 aromatic carbocycles. The highest BCUT2D eigenvalue weighted by atomic mass is 35.5. The van der Waals surface area contributed by atoms with Gasteiger partial charge in [0.2, 0.25) is 5.91 Å². The summed E-state index contributed by atoms with van der Waals surface area (Å²) in [6.07, 6.45) is 0. The number of hydrogen-bond donors (Lipinski definition) is 1. The number of hydrogen-bond acceptors (Lipinski definition) is 4. The van der Waals surface area contributed by atoms with E-state index < -0.39 is 10.0 Å². The average molecular weight is 538 g/mol. The maximum absolute atomic E-state index is 13.5. The van der Waals surface area contributed by atoms with Crippen molar-refractivity contribution in [1.29, 1.82) is 0 Å². The summed E-state index contributed by atoms with van der Waals surface area (Å²) in [5, 5.41) is 4.03. The molecule has 3 aromatic rings. The van der Waals surface area contributed by atoms with Gasteiger partial charge in [-0.1, -0.05) is 59.1 Å². The van der Waals surface area contributed by atoms with Crippen LogP contribution < -0.4 is 9.62 Å². The van der Waals surface area contributed by atoms with Gasteiger partial charge in [0.15, 0.2) is 0 Å². The number of thioether (sulfide) groups is 1. The summed E-state index contributed by atoms with van der Waals surface area (Å²) < 4.78 is 28.1. The number of sulfonamides is 1. The van der Waals surface area contributed by atoms with Crippen LogP contribution in [0.3, 0.4) is 0 Å². The van der Waals surface area contributed by atoms with E-state index in [9.17, 15) is 13.2 Å². The van der Waals surface area contributed by atoms with E-state index in [2.05, 4.69) is 5.32 Å². The SMILES string of the molecule is Cc1ccc(S(=O)(=O)N(CC(=O)NCCSCc2ccccc2Cl)c2ccc(Cl)cc2C)cc1. The van der Waals surface area contributed by atoms with Crippen LogP contribution in [-0.2, 0) is 20.6 Å². The van der Waals surface area contributed by atoms with Crippen molar-refractivity contribution >= 4 is 56.6 Å². The van der Waals surface area contributed by atoms with Crippen molar-refractivity contribution in [3.05, 3.63) is 93.5 Å².